The van der Waals surface area contributed by atoms with Crippen molar-refractivity contribution >= 4 is 22.5 Å². The summed E-state index contributed by atoms with van der Waals surface area (Å²) in [5.74, 6) is 0.369. The Balaban J connectivity index is 1.67. The van der Waals surface area contributed by atoms with Gasteiger partial charge in [-0.05, 0) is 36.4 Å². The number of alkyl halides is 3. The second-order valence-electron chi connectivity index (χ2n) is 5.86. The molecule has 2 aromatic carbocycles. The highest BCUT2D eigenvalue weighted by Gasteiger charge is 2.30. The maximum atomic E-state index is 12.6. The van der Waals surface area contributed by atoms with Crippen LogP contribution in [0, 0.1) is 0 Å². The van der Waals surface area contributed by atoms with E-state index in [1.807, 2.05) is 0 Å². The lowest BCUT2D eigenvalue weighted by atomic mass is 10.2. The van der Waals surface area contributed by atoms with Gasteiger partial charge in [-0.1, -0.05) is 12.1 Å². The quantitative estimate of drug-likeness (QED) is 0.700. The molecule has 3 aromatic rings. The van der Waals surface area contributed by atoms with Crippen LogP contribution in [0.3, 0.4) is 0 Å². The number of halogens is 3. The molecule has 6 nitrogen and oxygen atoms in total. The largest absolute Gasteiger partial charge is 0.472 e. The molecule has 1 aliphatic heterocycles. The monoisotopic (exact) mass is 374 g/mol. The van der Waals surface area contributed by atoms with Gasteiger partial charge >= 0.3 is 6.18 Å². The predicted octanol–water partition coefficient (Wildman–Crippen LogP) is 3.22. The molecule has 2 heterocycles. The van der Waals surface area contributed by atoms with Crippen LogP contribution in [0.25, 0.3) is 10.9 Å². The number of nitrogens with one attached hydrogen (secondary N) is 1. The normalized spacial score (nSPS) is 15.4. The van der Waals surface area contributed by atoms with Crippen molar-refractivity contribution in [2.75, 3.05) is 12.0 Å². The first kappa shape index (κ1) is 17.1. The summed E-state index contributed by atoms with van der Waals surface area (Å²) in [6.45, 7) is 0.575. The minimum atomic E-state index is -4.40. The van der Waals surface area contributed by atoms with Crippen molar-refractivity contribution in [2.24, 2.45) is 5.10 Å². The molecule has 1 aromatic heterocycles. The van der Waals surface area contributed by atoms with Gasteiger partial charge in [-0.3, -0.25) is 14.8 Å². The number of ether oxygens (including phenoxy) is 1. The molecular formula is C18H13F3N4O2. The highest BCUT2D eigenvalue weighted by molar-refractivity contribution is 5.93. The summed E-state index contributed by atoms with van der Waals surface area (Å²) in [4.78, 5) is 17.0. The second kappa shape index (κ2) is 6.42. The molecule has 1 N–H and O–H groups in total. The van der Waals surface area contributed by atoms with Crippen LogP contribution in [0.5, 0.6) is 0 Å². The van der Waals surface area contributed by atoms with Crippen molar-refractivity contribution in [2.45, 2.75) is 12.7 Å². The van der Waals surface area contributed by atoms with Crippen LogP contribution < -0.4 is 11.0 Å². The molecule has 1 aliphatic rings. The topological polar surface area (TPSA) is 68.5 Å². The molecule has 0 saturated carbocycles. The average molecular weight is 374 g/mol. The van der Waals surface area contributed by atoms with E-state index in [0.717, 1.165) is 12.1 Å². The number of benzene rings is 2. The Labute approximate surface area is 150 Å². The predicted molar refractivity (Wildman–Crippen MR) is 93.6 cm³/mol. The standard InChI is InChI=1S/C18H13F3N4O2/c19-18(20,21)11-5-7-12(8-6-11)23-24-16-15-22-14-4-2-1-3-13(14)17(26)25(15)9-10-27-16/h1-8,23H,9-10H2/b24-16+. The lowest BCUT2D eigenvalue weighted by Gasteiger charge is -2.20. The third kappa shape index (κ3) is 3.23. The summed E-state index contributed by atoms with van der Waals surface area (Å²) in [6, 6.07) is 11.4. The van der Waals surface area contributed by atoms with Gasteiger partial charge < -0.3 is 4.74 Å². The lowest BCUT2D eigenvalue weighted by Crippen LogP contribution is -2.35. The number of hydrogen-bond donors (Lipinski definition) is 1. The van der Waals surface area contributed by atoms with Crippen molar-refractivity contribution in [3.8, 4) is 0 Å². The summed E-state index contributed by atoms with van der Waals surface area (Å²) in [6.07, 6.45) is -4.40. The summed E-state index contributed by atoms with van der Waals surface area (Å²) < 4.78 is 44.8. The minimum Gasteiger partial charge on any atom is -0.472 e. The van der Waals surface area contributed by atoms with Gasteiger partial charge in [0, 0.05) is 0 Å². The molecule has 0 amide bonds. The van der Waals surface area contributed by atoms with Crippen molar-refractivity contribution in [1.29, 1.82) is 0 Å². The fraction of sp³-hybridized carbons (Fsp3) is 0.167. The molecule has 0 atom stereocenters. The SMILES string of the molecule is O=c1c2ccccc2nc2n1CCO/C2=N/Nc1ccc(C(F)(F)F)cc1. The fourth-order valence-corrected chi connectivity index (χ4v) is 2.77. The van der Waals surface area contributed by atoms with Gasteiger partial charge in [-0.2, -0.15) is 13.2 Å². The van der Waals surface area contributed by atoms with E-state index in [9.17, 15) is 18.0 Å². The number of nitrogens with zero attached hydrogens (tertiary/aromatic N) is 3. The average Bonchev–Trinajstić information content (AvgIpc) is 2.66. The maximum Gasteiger partial charge on any atom is 0.416 e. The van der Waals surface area contributed by atoms with E-state index in [2.05, 4.69) is 15.5 Å². The molecule has 0 fully saturated rings. The third-order valence-corrected chi connectivity index (χ3v) is 4.11. The summed E-state index contributed by atoms with van der Waals surface area (Å²) >= 11 is 0. The number of rotatable bonds is 2. The number of para-hydroxylation sites is 1. The molecule has 4 rings (SSSR count). The Morgan fingerprint density at radius 2 is 1.85 bits per heavy atom. The summed E-state index contributed by atoms with van der Waals surface area (Å²) in [7, 11) is 0. The van der Waals surface area contributed by atoms with Crippen molar-refractivity contribution < 1.29 is 17.9 Å². The maximum absolute atomic E-state index is 12.6. The molecule has 0 saturated heterocycles. The van der Waals surface area contributed by atoms with Crippen molar-refractivity contribution in [3.63, 3.8) is 0 Å². The molecule has 27 heavy (non-hydrogen) atoms. The van der Waals surface area contributed by atoms with Crippen LogP contribution in [0.1, 0.15) is 11.4 Å². The summed E-state index contributed by atoms with van der Waals surface area (Å²) in [5, 5.41) is 4.57. The molecule has 0 bridgehead atoms. The Morgan fingerprint density at radius 3 is 2.59 bits per heavy atom. The van der Waals surface area contributed by atoms with Crippen LogP contribution in [0.15, 0.2) is 58.4 Å². The van der Waals surface area contributed by atoms with Gasteiger partial charge in [-0.25, -0.2) is 4.98 Å². The van der Waals surface area contributed by atoms with E-state index in [4.69, 9.17) is 4.74 Å². The van der Waals surface area contributed by atoms with Gasteiger partial charge in [0.15, 0.2) is 0 Å². The lowest BCUT2D eigenvalue weighted by molar-refractivity contribution is -0.137. The number of hydrogen-bond acceptors (Lipinski definition) is 5. The first-order valence-corrected chi connectivity index (χ1v) is 8.07. The van der Waals surface area contributed by atoms with Crippen LogP contribution in [-0.2, 0) is 17.5 Å². The molecule has 9 heteroatoms. The zero-order valence-electron chi connectivity index (χ0n) is 13.8. The molecule has 0 radical (unpaired) electrons. The van der Waals surface area contributed by atoms with E-state index in [1.54, 1.807) is 24.3 Å². The Bertz CT molecular complexity index is 1090. The van der Waals surface area contributed by atoms with E-state index < -0.39 is 11.7 Å². The van der Waals surface area contributed by atoms with Crippen molar-refractivity contribution in [1.82, 2.24) is 9.55 Å². The number of aromatic nitrogens is 2. The molecule has 0 aliphatic carbocycles. The zero-order chi connectivity index (χ0) is 19.0. The Morgan fingerprint density at radius 1 is 1.11 bits per heavy atom. The van der Waals surface area contributed by atoms with Crippen molar-refractivity contribution in [3.05, 3.63) is 70.3 Å². The van der Waals surface area contributed by atoms with E-state index >= 15 is 0 Å². The first-order chi connectivity index (χ1) is 12.9. The number of anilines is 1. The second-order valence-corrected chi connectivity index (χ2v) is 5.86. The highest BCUT2D eigenvalue weighted by Crippen LogP contribution is 2.29. The number of fused-ring (bicyclic) bond motifs is 2. The number of hydrazone groups is 1. The molecule has 138 valence electrons. The van der Waals surface area contributed by atoms with Gasteiger partial charge in [0.1, 0.15) is 6.61 Å². The van der Waals surface area contributed by atoms with Gasteiger partial charge in [0.25, 0.3) is 11.5 Å². The smallest absolute Gasteiger partial charge is 0.416 e. The molecule has 0 spiro atoms. The van der Waals surface area contributed by atoms with Crippen LogP contribution in [0.2, 0.25) is 0 Å². The Kier molecular flexibility index (Phi) is 4.06. The van der Waals surface area contributed by atoms with Gasteiger partial charge in [0.2, 0.25) is 5.82 Å². The highest BCUT2D eigenvalue weighted by atomic mass is 19.4. The molecule has 0 unspecified atom stereocenters. The van der Waals surface area contributed by atoms with E-state index in [0.29, 0.717) is 23.1 Å². The fourth-order valence-electron chi connectivity index (χ4n) is 2.77. The van der Waals surface area contributed by atoms with Crippen LogP contribution in [-0.4, -0.2) is 22.1 Å². The molecular weight excluding hydrogens is 361 g/mol. The van der Waals surface area contributed by atoms with E-state index in [-0.39, 0.29) is 23.9 Å². The van der Waals surface area contributed by atoms with Crippen LogP contribution >= 0.6 is 0 Å². The minimum absolute atomic E-state index is 0.101. The third-order valence-electron chi connectivity index (χ3n) is 4.11. The van der Waals surface area contributed by atoms with E-state index in [1.165, 1.54) is 16.7 Å². The Hall–Kier alpha value is -3.36. The summed E-state index contributed by atoms with van der Waals surface area (Å²) in [5.41, 5.74) is 2.56. The van der Waals surface area contributed by atoms with Crippen LogP contribution in [0.4, 0.5) is 18.9 Å². The van der Waals surface area contributed by atoms with Gasteiger partial charge in [-0.15, -0.1) is 5.10 Å². The van der Waals surface area contributed by atoms with Gasteiger partial charge in [0.05, 0.1) is 28.7 Å². The first-order valence-electron chi connectivity index (χ1n) is 8.07. The zero-order valence-corrected chi connectivity index (χ0v) is 13.8.